The van der Waals surface area contributed by atoms with Gasteiger partial charge < -0.3 is 10.8 Å². The molecule has 1 atom stereocenters. The van der Waals surface area contributed by atoms with Crippen molar-refractivity contribution in [1.82, 2.24) is 0 Å². The summed E-state index contributed by atoms with van der Waals surface area (Å²) in [5.74, 6) is -0.00570. The minimum absolute atomic E-state index is 0.0243. The molecule has 0 amide bonds. The Balaban J connectivity index is 2.31. The molecule has 0 aliphatic rings. The molecule has 0 bridgehead atoms. The predicted molar refractivity (Wildman–Crippen MR) is 111 cm³/mol. The lowest BCUT2D eigenvalue weighted by molar-refractivity contribution is 0.185. The van der Waals surface area contributed by atoms with Crippen LogP contribution in [0.25, 0.3) is 0 Å². The van der Waals surface area contributed by atoms with Crippen LogP contribution >= 0.6 is 0 Å². The predicted octanol–water partition coefficient (Wildman–Crippen LogP) is 5.53. The van der Waals surface area contributed by atoms with E-state index in [1.165, 1.54) is 23.3 Å². The van der Waals surface area contributed by atoms with E-state index in [1.807, 2.05) is 12.1 Å². The molecule has 0 spiro atoms. The smallest absolute Gasteiger partial charge is 0.123 e. The molecule has 0 fully saturated rings. The normalized spacial score (nSPS) is 14.3. The van der Waals surface area contributed by atoms with Gasteiger partial charge in [0.1, 0.15) is 11.7 Å². The van der Waals surface area contributed by atoms with E-state index in [1.54, 1.807) is 12.1 Å². The summed E-state index contributed by atoms with van der Waals surface area (Å²) in [6, 6.07) is 12.1. The Kier molecular flexibility index (Phi) is 6.10. The maximum Gasteiger partial charge on any atom is 0.123 e. The number of aliphatic hydroxyl groups excluding tert-OH is 1. The fourth-order valence-corrected chi connectivity index (χ4v) is 2.75. The van der Waals surface area contributed by atoms with Crippen LogP contribution in [0, 0.1) is 5.82 Å². The fourth-order valence-electron chi connectivity index (χ4n) is 2.75. The zero-order valence-electron chi connectivity index (χ0n) is 17.2. The van der Waals surface area contributed by atoms with E-state index < -0.39 is 6.10 Å². The first kappa shape index (κ1) is 21.1. The number of aliphatic imine (C=N–C) groups is 1. The summed E-state index contributed by atoms with van der Waals surface area (Å²) in [5, 5.41) is 10.8. The molecule has 3 N–H and O–H groups in total. The van der Waals surface area contributed by atoms with E-state index in [2.05, 4.69) is 52.6 Å². The lowest BCUT2D eigenvalue weighted by Crippen LogP contribution is -2.19. The van der Waals surface area contributed by atoms with Crippen molar-refractivity contribution in [3.8, 4) is 0 Å². The number of rotatable bonds is 4. The van der Waals surface area contributed by atoms with E-state index >= 15 is 0 Å². The topological polar surface area (TPSA) is 58.6 Å². The number of nitrogens with two attached hydrogens (primary N) is 1. The summed E-state index contributed by atoms with van der Waals surface area (Å²) < 4.78 is 13.0. The number of amidine groups is 1. The van der Waals surface area contributed by atoms with Gasteiger partial charge in [-0.2, -0.15) is 0 Å². The van der Waals surface area contributed by atoms with Crippen molar-refractivity contribution in [1.29, 1.82) is 0 Å². The largest absolute Gasteiger partial charge is 0.388 e. The second-order valence-corrected chi connectivity index (χ2v) is 9.14. The molecule has 2 rings (SSSR count). The molecule has 4 heteroatoms. The van der Waals surface area contributed by atoms with Crippen molar-refractivity contribution in [2.45, 2.75) is 64.9 Å². The van der Waals surface area contributed by atoms with Crippen molar-refractivity contribution in [2.24, 2.45) is 10.7 Å². The molecular formula is C23H31FN2O. The van der Waals surface area contributed by atoms with Crippen LogP contribution in [0.15, 0.2) is 47.5 Å². The fraction of sp³-hybridized carbons (Fsp3) is 0.435. The van der Waals surface area contributed by atoms with Gasteiger partial charge in [-0.25, -0.2) is 9.38 Å². The summed E-state index contributed by atoms with van der Waals surface area (Å²) in [7, 11) is 0. The Bertz CT molecular complexity index is 780. The molecule has 2 aromatic rings. The molecule has 27 heavy (non-hydrogen) atoms. The molecule has 0 aliphatic carbocycles. The van der Waals surface area contributed by atoms with E-state index in [4.69, 9.17) is 5.73 Å². The van der Waals surface area contributed by atoms with Crippen LogP contribution in [-0.2, 0) is 10.8 Å². The first-order chi connectivity index (χ1) is 12.4. The number of hydrogen-bond donors (Lipinski definition) is 2. The number of nitrogens with zero attached hydrogens (tertiary/aromatic N) is 1. The zero-order chi connectivity index (χ0) is 20.4. The number of benzene rings is 2. The molecule has 3 nitrogen and oxygen atoms in total. The monoisotopic (exact) mass is 370 g/mol. The van der Waals surface area contributed by atoms with Crippen LogP contribution in [0.1, 0.15) is 70.8 Å². The molecule has 0 radical (unpaired) electrons. The third-order valence-electron chi connectivity index (χ3n) is 4.57. The first-order valence-electron chi connectivity index (χ1n) is 9.29. The summed E-state index contributed by atoms with van der Waals surface area (Å²) >= 11 is 0. The minimum Gasteiger partial charge on any atom is -0.388 e. The van der Waals surface area contributed by atoms with E-state index in [0.29, 0.717) is 11.5 Å². The van der Waals surface area contributed by atoms with E-state index in [9.17, 15) is 9.50 Å². The van der Waals surface area contributed by atoms with Gasteiger partial charge >= 0.3 is 0 Å². The first-order valence-corrected chi connectivity index (χ1v) is 9.29. The second kappa shape index (κ2) is 7.81. The summed E-state index contributed by atoms with van der Waals surface area (Å²) in [5.41, 5.74) is 9.74. The van der Waals surface area contributed by atoms with Gasteiger partial charge in [0.05, 0.1) is 11.8 Å². The van der Waals surface area contributed by atoms with Gasteiger partial charge in [-0.3, -0.25) is 0 Å². The maximum absolute atomic E-state index is 13.0. The van der Waals surface area contributed by atoms with Crippen LogP contribution in [0.2, 0.25) is 0 Å². The molecule has 1 unspecified atom stereocenters. The summed E-state index contributed by atoms with van der Waals surface area (Å²) in [6.45, 7) is 13.0. The molecule has 0 heterocycles. The molecular weight excluding hydrogens is 339 g/mol. The Morgan fingerprint density at radius 2 is 1.44 bits per heavy atom. The number of hydrogen-bond acceptors (Lipinski definition) is 2. The van der Waals surface area contributed by atoms with Crippen LogP contribution in [0.5, 0.6) is 0 Å². The third-order valence-corrected chi connectivity index (χ3v) is 4.57. The SMILES string of the molecule is CC(C)(C)c1cc(C(O)CC(N)=Nc2ccc(F)cc2)cc(C(C)(C)C)c1. The highest BCUT2D eigenvalue weighted by atomic mass is 19.1. The standard InChI is InChI=1S/C23H31FN2O/c1-22(2,3)16-11-15(12-17(13-16)23(4,5)6)20(27)14-21(25)26-19-9-7-18(24)8-10-19/h7-13,20,27H,14H2,1-6H3,(H2,25,26). The number of halogens is 1. The van der Waals surface area contributed by atoms with Crippen molar-refractivity contribution >= 4 is 11.5 Å². The van der Waals surface area contributed by atoms with Gasteiger partial charge in [0.25, 0.3) is 0 Å². The van der Waals surface area contributed by atoms with Crippen molar-refractivity contribution < 1.29 is 9.50 Å². The highest BCUT2D eigenvalue weighted by Gasteiger charge is 2.22. The quantitative estimate of drug-likeness (QED) is 0.549. The van der Waals surface area contributed by atoms with Crippen molar-refractivity contribution in [3.63, 3.8) is 0 Å². The van der Waals surface area contributed by atoms with E-state index in [-0.39, 0.29) is 23.1 Å². The highest BCUT2D eigenvalue weighted by Crippen LogP contribution is 2.32. The maximum atomic E-state index is 13.0. The van der Waals surface area contributed by atoms with Crippen molar-refractivity contribution in [2.75, 3.05) is 0 Å². The van der Waals surface area contributed by atoms with Gasteiger partial charge in [-0.05, 0) is 51.8 Å². The lowest BCUT2D eigenvalue weighted by atomic mass is 9.79. The van der Waals surface area contributed by atoms with Crippen LogP contribution in [-0.4, -0.2) is 10.9 Å². The zero-order valence-corrected chi connectivity index (χ0v) is 17.2. The van der Waals surface area contributed by atoms with Gasteiger partial charge in [-0.15, -0.1) is 0 Å². The molecule has 2 aromatic carbocycles. The summed E-state index contributed by atoms with van der Waals surface area (Å²) in [4.78, 5) is 4.28. The number of aliphatic hydroxyl groups is 1. The van der Waals surface area contributed by atoms with Gasteiger partial charge in [0, 0.05) is 6.42 Å². The van der Waals surface area contributed by atoms with E-state index in [0.717, 1.165) is 5.56 Å². The Morgan fingerprint density at radius 3 is 1.89 bits per heavy atom. The molecule has 0 saturated heterocycles. The molecule has 0 saturated carbocycles. The van der Waals surface area contributed by atoms with Crippen LogP contribution in [0.3, 0.4) is 0 Å². The Labute approximate surface area is 162 Å². The lowest BCUT2D eigenvalue weighted by Gasteiger charge is -2.27. The molecule has 146 valence electrons. The van der Waals surface area contributed by atoms with Crippen LogP contribution in [0.4, 0.5) is 10.1 Å². The average Bonchev–Trinajstić information content (AvgIpc) is 2.55. The molecule has 0 aromatic heterocycles. The van der Waals surface area contributed by atoms with Gasteiger partial charge in [-0.1, -0.05) is 59.7 Å². The summed E-state index contributed by atoms with van der Waals surface area (Å²) in [6.07, 6.45) is -0.535. The van der Waals surface area contributed by atoms with Gasteiger partial charge in [0.2, 0.25) is 0 Å². The van der Waals surface area contributed by atoms with Crippen molar-refractivity contribution in [3.05, 3.63) is 65.0 Å². The Hall–Kier alpha value is -2.20. The average molecular weight is 371 g/mol. The highest BCUT2D eigenvalue weighted by molar-refractivity contribution is 5.83. The minimum atomic E-state index is -0.752. The third kappa shape index (κ3) is 5.90. The molecule has 0 aliphatic heterocycles. The second-order valence-electron chi connectivity index (χ2n) is 9.14. The van der Waals surface area contributed by atoms with Gasteiger partial charge in [0.15, 0.2) is 0 Å². The van der Waals surface area contributed by atoms with Crippen LogP contribution < -0.4 is 5.73 Å². The Morgan fingerprint density at radius 1 is 0.963 bits per heavy atom.